The first kappa shape index (κ1) is 13.0. The number of thioether (sulfide) groups is 1. The van der Waals surface area contributed by atoms with Crippen LogP contribution >= 0.6 is 11.8 Å². The van der Waals surface area contributed by atoms with Crippen molar-refractivity contribution in [2.75, 3.05) is 5.75 Å². The van der Waals surface area contributed by atoms with Crippen LogP contribution in [0.4, 0.5) is 0 Å². The molecule has 6 heteroatoms. The molecule has 1 aromatic heterocycles. The third kappa shape index (κ3) is 2.25. The number of carboxylic acids is 1. The molecule has 1 N–H and O–H groups in total. The van der Waals surface area contributed by atoms with Crippen LogP contribution in [-0.4, -0.2) is 39.1 Å². The van der Waals surface area contributed by atoms with Gasteiger partial charge in [0.1, 0.15) is 18.1 Å². The average molecular weight is 269 g/mol. The van der Waals surface area contributed by atoms with E-state index in [-0.39, 0.29) is 11.3 Å². The molecule has 1 amide bonds. The van der Waals surface area contributed by atoms with Gasteiger partial charge in [0.05, 0.1) is 10.9 Å². The van der Waals surface area contributed by atoms with E-state index in [0.29, 0.717) is 17.1 Å². The van der Waals surface area contributed by atoms with E-state index in [9.17, 15) is 9.59 Å². The summed E-state index contributed by atoms with van der Waals surface area (Å²) in [5, 5.41) is 9.09. The van der Waals surface area contributed by atoms with Gasteiger partial charge in [-0.3, -0.25) is 4.79 Å². The zero-order chi connectivity index (χ0) is 13.3. The lowest BCUT2D eigenvalue weighted by atomic mass is 10.2. The maximum atomic E-state index is 12.3. The van der Waals surface area contributed by atoms with Gasteiger partial charge in [-0.1, -0.05) is 6.92 Å². The zero-order valence-electron chi connectivity index (χ0n) is 10.3. The van der Waals surface area contributed by atoms with Crippen molar-refractivity contribution in [2.45, 2.75) is 31.7 Å². The summed E-state index contributed by atoms with van der Waals surface area (Å²) in [5.41, 5.74) is 0.416. The summed E-state index contributed by atoms with van der Waals surface area (Å²) in [6, 6.07) is 0.888. The van der Waals surface area contributed by atoms with Crippen molar-refractivity contribution in [3.8, 4) is 0 Å². The van der Waals surface area contributed by atoms with Crippen LogP contribution in [0.5, 0.6) is 0 Å². The van der Waals surface area contributed by atoms with Gasteiger partial charge in [-0.2, -0.15) is 0 Å². The van der Waals surface area contributed by atoms with E-state index in [2.05, 4.69) is 0 Å². The minimum Gasteiger partial charge on any atom is -0.480 e. The second kappa shape index (κ2) is 5.06. The molecule has 0 aliphatic carbocycles. The molecule has 98 valence electrons. The molecule has 1 saturated heterocycles. The van der Waals surface area contributed by atoms with Gasteiger partial charge in [0.15, 0.2) is 0 Å². The Morgan fingerprint density at radius 3 is 2.83 bits per heavy atom. The highest BCUT2D eigenvalue weighted by atomic mass is 32.2. The monoisotopic (exact) mass is 269 g/mol. The molecule has 5 nitrogen and oxygen atoms in total. The molecule has 18 heavy (non-hydrogen) atoms. The van der Waals surface area contributed by atoms with Gasteiger partial charge in [-0.25, -0.2) is 4.79 Å². The second-order valence-corrected chi connectivity index (χ2v) is 5.42. The summed E-state index contributed by atoms with van der Waals surface area (Å²) in [7, 11) is 0. The summed E-state index contributed by atoms with van der Waals surface area (Å²) in [5.74, 6) is -0.135. The first-order valence-corrected chi connectivity index (χ1v) is 6.81. The molecule has 1 aliphatic rings. The first-order chi connectivity index (χ1) is 8.54. The van der Waals surface area contributed by atoms with Gasteiger partial charge < -0.3 is 14.4 Å². The number of furan rings is 1. The Hall–Kier alpha value is -1.43. The van der Waals surface area contributed by atoms with Crippen molar-refractivity contribution in [3.63, 3.8) is 0 Å². The van der Waals surface area contributed by atoms with Crippen LogP contribution in [0.1, 0.15) is 29.5 Å². The molecular formula is C12H15NO4S. The van der Waals surface area contributed by atoms with Crippen molar-refractivity contribution >= 4 is 23.6 Å². The van der Waals surface area contributed by atoms with Crippen molar-refractivity contribution in [1.82, 2.24) is 4.90 Å². The highest BCUT2D eigenvalue weighted by Crippen LogP contribution is 2.32. The van der Waals surface area contributed by atoms with Crippen molar-refractivity contribution in [1.29, 1.82) is 0 Å². The van der Waals surface area contributed by atoms with Crippen LogP contribution < -0.4 is 0 Å². The summed E-state index contributed by atoms with van der Waals surface area (Å²) in [6.07, 6.45) is 2.11. The Bertz CT molecular complexity index is 470. The normalized spacial score (nSPS) is 23.3. The van der Waals surface area contributed by atoms with Gasteiger partial charge in [0.2, 0.25) is 0 Å². The third-order valence-corrected chi connectivity index (χ3v) is 4.39. The fourth-order valence-corrected chi connectivity index (χ4v) is 3.39. The number of aryl methyl sites for hydroxylation is 1. The SMILES string of the molecule is CCC1SCC(C(=O)O)N1C(=O)c1coc(C)c1. The van der Waals surface area contributed by atoms with E-state index in [4.69, 9.17) is 9.52 Å². The number of aliphatic carboxylic acids is 1. The molecule has 2 unspecified atom stereocenters. The number of carbonyl (C=O) groups excluding carboxylic acids is 1. The zero-order valence-corrected chi connectivity index (χ0v) is 11.1. The standard InChI is InChI=1S/C12H15NO4S/c1-3-10-13(9(6-18-10)12(15)16)11(14)8-4-7(2)17-5-8/h4-5,9-10H,3,6H2,1-2H3,(H,15,16). The highest BCUT2D eigenvalue weighted by Gasteiger charge is 2.41. The fraction of sp³-hybridized carbons (Fsp3) is 0.500. The molecule has 2 heterocycles. The predicted octanol–water partition coefficient (Wildman–Crippen LogP) is 1.97. The lowest BCUT2D eigenvalue weighted by Crippen LogP contribution is -2.45. The third-order valence-electron chi connectivity index (χ3n) is 2.94. The maximum absolute atomic E-state index is 12.3. The second-order valence-electron chi connectivity index (χ2n) is 4.21. The van der Waals surface area contributed by atoms with Crippen LogP contribution in [0, 0.1) is 6.92 Å². The van der Waals surface area contributed by atoms with Crippen molar-refractivity contribution < 1.29 is 19.1 Å². The van der Waals surface area contributed by atoms with E-state index < -0.39 is 12.0 Å². The molecular weight excluding hydrogens is 254 g/mol. The Morgan fingerprint density at radius 1 is 1.61 bits per heavy atom. The van der Waals surface area contributed by atoms with Gasteiger partial charge in [-0.05, 0) is 19.4 Å². The van der Waals surface area contributed by atoms with Gasteiger partial charge in [0.25, 0.3) is 5.91 Å². The summed E-state index contributed by atoms with van der Waals surface area (Å²) in [6.45, 7) is 3.70. The van der Waals surface area contributed by atoms with Crippen LogP contribution in [0.3, 0.4) is 0 Å². The Balaban J connectivity index is 2.27. The largest absolute Gasteiger partial charge is 0.480 e. The van der Waals surface area contributed by atoms with Gasteiger partial charge >= 0.3 is 5.97 Å². The summed E-state index contributed by atoms with van der Waals surface area (Å²) >= 11 is 1.51. The molecule has 2 atom stereocenters. The van der Waals surface area contributed by atoms with E-state index in [0.717, 1.165) is 6.42 Å². The molecule has 0 saturated carbocycles. The molecule has 0 spiro atoms. The summed E-state index contributed by atoms with van der Waals surface area (Å²) < 4.78 is 5.11. The topological polar surface area (TPSA) is 70.8 Å². The van der Waals surface area contributed by atoms with E-state index in [1.54, 1.807) is 13.0 Å². The minimum absolute atomic E-state index is 0.0752. The van der Waals surface area contributed by atoms with Crippen LogP contribution in [0.15, 0.2) is 16.7 Å². The molecule has 0 aromatic carbocycles. The number of carbonyl (C=O) groups is 2. The molecule has 1 aliphatic heterocycles. The van der Waals surface area contributed by atoms with Crippen molar-refractivity contribution in [2.24, 2.45) is 0 Å². The number of rotatable bonds is 3. The Morgan fingerprint density at radius 2 is 2.33 bits per heavy atom. The average Bonchev–Trinajstić information content (AvgIpc) is 2.93. The highest BCUT2D eigenvalue weighted by molar-refractivity contribution is 8.00. The van der Waals surface area contributed by atoms with Gasteiger partial charge in [0, 0.05) is 5.75 Å². The molecule has 2 rings (SSSR count). The summed E-state index contributed by atoms with van der Waals surface area (Å²) in [4.78, 5) is 25.0. The Labute approximate surface area is 109 Å². The quantitative estimate of drug-likeness (QED) is 0.908. The van der Waals surface area contributed by atoms with E-state index >= 15 is 0 Å². The lowest BCUT2D eigenvalue weighted by Gasteiger charge is -2.26. The van der Waals surface area contributed by atoms with Crippen molar-refractivity contribution in [3.05, 3.63) is 23.7 Å². The smallest absolute Gasteiger partial charge is 0.327 e. The van der Waals surface area contributed by atoms with E-state index in [1.807, 2.05) is 6.92 Å². The first-order valence-electron chi connectivity index (χ1n) is 5.76. The number of hydrogen-bond acceptors (Lipinski definition) is 4. The number of hydrogen-bond donors (Lipinski definition) is 1. The molecule has 0 bridgehead atoms. The lowest BCUT2D eigenvalue weighted by molar-refractivity contribution is -0.141. The van der Waals surface area contributed by atoms with Gasteiger partial charge in [-0.15, -0.1) is 11.8 Å². The van der Waals surface area contributed by atoms with E-state index in [1.165, 1.54) is 22.9 Å². The van der Waals surface area contributed by atoms with Crippen LogP contribution in [0.25, 0.3) is 0 Å². The maximum Gasteiger partial charge on any atom is 0.327 e. The molecule has 1 aromatic rings. The number of carboxylic acid groups (broad SMARTS) is 1. The number of amides is 1. The minimum atomic E-state index is -0.952. The van der Waals surface area contributed by atoms with Crippen LogP contribution in [-0.2, 0) is 4.79 Å². The Kier molecular flexibility index (Phi) is 3.65. The van der Waals surface area contributed by atoms with Crippen LogP contribution in [0.2, 0.25) is 0 Å². The predicted molar refractivity (Wildman–Crippen MR) is 67.6 cm³/mol. The molecule has 0 radical (unpaired) electrons. The number of nitrogens with zero attached hydrogens (tertiary/aromatic N) is 1. The fourth-order valence-electron chi connectivity index (χ4n) is 2.05. The molecule has 1 fully saturated rings.